The highest BCUT2D eigenvalue weighted by Crippen LogP contribution is 2.64. The molecule has 1 heterocycles. The molecule has 1 aromatic carbocycles. The van der Waals surface area contributed by atoms with E-state index in [9.17, 15) is 9.90 Å². The Morgan fingerprint density at radius 3 is 2.76 bits per heavy atom. The van der Waals surface area contributed by atoms with E-state index in [0.717, 1.165) is 47.9 Å². The van der Waals surface area contributed by atoms with Crippen LogP contribution in [0, 0.1) is 52.3 Å². The zero-order chi connectivity index (χ0) is 23.7. The van der Waals surface area contributed by atoms with Gasteiger partial charge in [-0.1, -0.05) is 6.92 Å². The molecule has 1 aromatic heterocycles. The maximum atomic E-state index is 13.7. The molecule has 2 aromatic rings. The van der Waals surface area contributed by atoms with Crippen molar-refractivity contribution in [3.05, 3.63) is 30.0 Å². The second-order valence-electron chi connectivity index (χ2n) is 12.5. The molecular weight excluding hydrogens is 422 g/mol. The van der Waals surface area contributed by atoms with Gasteiger partial charge < -0.3 is 5.11 Å². The number of Topliss-reactive ketones (excluding diaryl/α,β-unsaturated/α-hetero) is 1. The number of aliphatic hydroxyl groups is 1. The first-order chi connectivity index (χ1) is 16.3. The van der Waals surface area contributed by atoms with E-state index >= 15 is 0 Å². The van der Waals surface area contributed by atoms with Crippen molar-refractivity contribution >= 4 is 16.7 Å². The summed E-state index contributed by atoms with van der Waals surface area (Å²) in [5, 5.41) is 25.2. The van der Waals surface area contributed by atoms with Gasteiger partial charge in [-0.15, -0.1) is 0 Å². The van der Waals surface area contributed by atoms with Gasteiger partial charge in [0.1, 0.15) is 6.54 Å². The number of hydrogen-bond donors (Lipinski definition) is 1. The number of fused-ring (bicyclic) bond motifs is 6. The van der Waals surface area contributed by atoms with E-state index in [1.54, 1.807) is 12.3 Å². The van der Waals surface area contributed by atoms with Crippen LogP contribution in [0.4, 0.5) is 0 Å². The lowest BCUT2D eigenvalue weighted by Gasteiger charge is -2.56. The van der Waals surface area contributed by atoms with Crippen LogP contribution < -0.4 is 0 Å². The predicted octanol–water partition coefficient (Wildman–Crippen LogP) is 5.50. The Bertz CT molecular complexity index is 1160. The zero-order valence-corrected chi connectivity index (χ0v) is 20.5. The number of ketones is 1. The first-order valence-corrected chi connectivity index (χ1v) is 13.4. The highest BCUT2D eigenvalue weighted by molar-refractivity contribution is 5.85. The standard InChI is InChI=1S/C29H37N3O2/c1-28(34)11-9-21-19(14-28)4-5-23-22(21)10-12-29(2)24(23)6-7-25(29)27(33)17-32-26-8-3-18(15-30)13-20(26)16-31-32/h3,8,13,16,19,21-25,34H,4-7,9-12,14,17H2,1-2H3. The Labute approximate surface area is 202 Å². The van der Waals surface area contributed by atoms with Gasteiger partial charge in [0.05, 0.1) is 28.9 Å². The van der Waals surface area contributed by atoms with Crippen molar-refractivity contribution in [2.45, 2.75) is 83.8 Å². The van der Waals surface area contributed by atoms with Gasteiger partial charge in [-0.25, -0.2) is 0 Å². The van der Waals surface area contributed by atoms with Crippen LogP contribution in [0.1, 0.15) is 77.2 Å². The first-order valence-electron chi connectivity index (χ1n) is 13.4. The fourth-order valence-corrected chi connectivity index (χ4v) is 9.15. The van der Waals surface area contributed by atoms with E-state index in [2.05, 4.69) is 18.1 Å². The summed E-state index contributed by atoms with van der Waals surface area (Å²) >= 11 is 0. The third-order valence-corrected chi connectivity index (χ3v) is 10.7. The normalized spacial score (nSPS) is 41.4. The molecule has 8 unspecified atom stereocenters. The number of aromatic nitrogens is 2. The second kappa shape index (κ2) is 7.92. The van der Waals surface area contributed by atoms with E-state index in [1.807, 2.05) is 23.7 Å². The van der Waals surface area contributed by atoms with Gasteiger partial charge in [0, 0.05) is 11.3 Å². The smallest absolute Gasteiger partial charge is 0.157 e. The van der Waals surface area contributed by atoms with Crippen molar-refractivity contribution in [1.82, 2.24) is 9.78 Å². The zero-order valence-electron chi connectivity index (χ0n) is 20.5. The summed E-state index contributed by atoms with van der Waals surface area (Å²) in [6.45, 7) is 4.78. The number of carbonyl (C=O) groups is 1. The predicted molar refractivity (Wildman–Crippen MR) is 131 cm³/mol. The van der Waals surface area contributed by atoms with Gasteiger partial charge in [0.25, 0.3) is 0 Å². The minimum atomic E-state index is -0.463. The molecule has 4 fully saturated rings. The Morgan fingerprint density at radius 1 is 1.12 bits per heavy atom. The van der Waals surface area contributed by atoms with Crippen molar-refractivity contribution in [2.75, 3.05) is 0 Å². The molecule has 1 N–H and O–H groups in total. The minimum absolute atomic E-state index is 0.113. The molecule has 0 radical (unpaired) electrons. The largest absolute Gasteiger partial charge is 0.390 e. The van der Waals surface area contributed by atoms with Crippen molar-refractivity contribution in [2.24, 2.45) is 40.9 Å². The van der Waals surface area contributed by atoms with Gasteiger partial charge in [-0.2, -0.15) is 10.4 Å². The number of nitriles is 1. The maximum Gasteiger partial charge on any atom is 0.157 e. The van der Waals surface area contributed by atoms with E-state index in [1.165, 1.54) is 38.5 Å². The minimum Gasteiger partial charge on any atom is -0.390 e. The summed E-state index contributed by atoms with van der Waals surface area (Å²) in [6, 6.07) is 7.74. The number of rotatable bonds is 3. The Morgan fingerprint density at radius 2 is 1.94 bits per heavy atom. The fourth-order valence-electron chi connectivity index (χ4n) is 9.15. The highest BCUT2D eigenvalue weighted by Gasteiger charge is 2.58. The number of hydrogen-bond acceptors (Lipinski definition) is 4. The van der Waals surface area contributed by atoms with Crippen LogP contribution >= 0.6 is 0 Å². The van der Waals surface area contributed by atoms with Crippen LogP contribution in [-0.4, -0.2) is 26.3 Å². The summed E-state index contributed by atoms with van der Waals surface area (Å²) in [5.74, 6) is 4.16. The summed E-state index contributed by atoms with van der Waals surface area (Å²) < 4.78 is 1.83. The Balaban J connectivity index is 1.19. The van der Waals surface area contributed by atoms with E-state index in [4.69, 9.17) is 5.26 Å². The third kappa shape index (κ3) is 3.44. The van der Waals surface area contributed by atoms with Crippen molar-refractivity contribution in [3.8, 4) is 6.07 Å². The molecule has 0 saturated heterocycles. The number of benzene rings is 1. The SMILES string of the molecule is CC1(O)CCC2C(CCC3C2CCC2(C)C(C(=O)Cn4ncc5cc(C#N)ccc54)CCC32)C1. The first kappa shape index (κ1) is 22.3. The third-order valence-electron chi connectivity index (χ3n) is 10.7. The summed E-state index contributed by atoms with van der Waals surface area (Å²) in [6.07, 6.45) is 12.1. The van der Waals surface area contributed by atoms with Crippen LogP contribution in [0.2, 0.25) is 0 Å². The van der Waals surface area contributed by atoms with Crippen LogP contribution in [0.5, 0.6) is 0 Å². The molecule has 4 aliphatic carbocycles. The fraction of sp³-hybridized carbons (Fsp3) is 0.690. The molecule has 180 valence electrons. The molecule has 0 spiro atoms. The maximum absolute atomic E-state index is 13.7. The van der Waals surface area contributed by atoms with E-state index in [0.29, 0.717) is 29.7 Å². The van der Waals surface area contributed by atoms with Gasteiger partial charge in [0.2, 0.25) is 0 Å². The second-order valence-corrected chi connectivity index (χ2v) is 12.5. The molecule has 5 heteroatoms. The van der Waals surface area contributed by atoms with Gasteiger partial charge in [-0.3, -0.25) is 9.48 Å². The van der Waals surface area contributed by atoms with Crippen LogP contribution in [-0.2, 0) is 11.3 Å². The lowest BCUT2D eigenvalue weighted by atomic mass is 9.49. The van der Waals surface area contributed by atoms with Crippen molar-refractivity contribution in [1.29, 1.82) is 5.26 Å². The van der Waals surface area contributed by atoms with Gasteiger partial charge in [-0.05, 0) is 118 Å². The summed E-state index contributed by atoms with van der Waals surface area (Å²) in [5.41, 5.74) is 1.21. The molecular formula is C29H37N3O2. The topological polar surface area (TPSA) is 78.9 Å². The van der Waals surface area contributed by atoms with E-state index in [-0.39, 0.29) is 11.3 Å². The molecule has 0 amide bonds. The highest BCUT2D eigenvalue weighted by atomic mass is 16.3. The summed E-state index contributed by atoms with van der Waals surface area (Å²) in [4.78, 5) is 13.7. The molecule has 4 saturated carbocycles. The van der Waals surface area contributed by atoms with Gasteiger partial charge >= 0.3 is 0 Å². The van der Waals surface area contributed by atoms with Crippen molar-refractivity contribution in [3.63, 3.8) is 0 Å². The number of nitrogens with zero attached hydrogens (tertiary/aromatic N) is 3. The average Bonchev–Trinajstić information content (AvgIpc) is 3.38. The monoisotopic (exact) mass is 459 g/mol. The molecule has 5 nitrogen and oxygen atoms in total. The number of carbonyl (C=O) groups excluding carboxylic acids is 1. The molecule has 8 atom stereocenters. The van der Waals surface area contributed by atoms with Crippen LogP contribution in [0.25, 0.3) is 10.9 Å². The van der Waals surface area contributed by atoms with Crippen LogP contribution in [0.3, 0.4) is 0 Å². The molecule has 34 heavy (non-hydrogen) atoms. The Kier molecular flexibility index (Phi) is 5.19. The lowest BCUT2D eigenvalue weighted by Crippen LogP contribution is -2.51. The van der Waals surface area contributed by atoms with Crippen LogP contribution in [0.15, 0.2) is 24.4 Å². The quantitative estimate of drug-likeness (QED) is 0.658. The molecule has 0 bridgehead atoms. The lowest BCUT2D eigenvalue weighted by molar-refractivity contribution is -0.133. The molecule has 4 aliphatic rings. The van der Waals surface area contributed by atoms with E-state index < -0.39 is 5.60 Å². The summed E-state index contributed by atoms with van der Waals surface area (Å²) in [7, 11) is 0. The molecule has 6 rings (SSSR count). The van der Waals surface area contributed by atoms with Gasteiger partial charge in [0.15, 0.2) is 5.78 Å². The average molecular weight is 460 g/mol. The van der Waals surface area contributed by atoms with Crippen molar-refractivity contribution < 1.29 is 9.90 Å². The molecule has 0 aliphatic heterocycles. The Hall–Kier alpha value is -2.19.